The lowest BCUT2D eigenvalue weighted by atomic mass is 9.99. The minimum Gasteiger partial charge on any atom is -0.393 e. The van der Waals surface area contributed by atoms with Crippen molar-refractivity contribution < 1.29 is 5.11 Å². The molecule has 0 aliphatic heterocycles. The van der Waals surface area contributed by atoms with Crippen LogP contribution in [0.25, 0.3) is 0 Å². The van der Waals surface area contributed by atoms with Gasteiger partial charge in [-0.1, -0.05) is 38.1 Å². The van der Waals surface area contributed by atoms with E-state index in [0.717, 1.165) is 12.8 Å². The third-order valence-corrected chi connectivity index (χ3v) is 3.35. The third kappa shape index (κ3) is 6.22. The van der Waals surface area contributed by atoms with Gasteiger partial charge < -0.3 is 10.4 Å². The predicted octanol–water partition coefficient (Wildman–Crippen LogP) is 3.70. The van der Waals surface area contributed by atoms with Gasteiger partial charge in [0.25, 0.3) is 0 Å². The summed E-state index contributed by atoms with van der Waals surface area (Å²) in [7, 11) is 0. The fraction of sp³-hybridized carbons (Fsp3) is 0.647. The number of hydrogen-bond acceptors (Lipinski definition) is 2. The maximum atomic E-state index is 9.39. The van der Waals surface area contributed by atoms with Gasteiger partial charge in [0.05, 0.1) is 6.10 Å². The highest BCUT2D eigenvalue weighted by Crippen LogP contribution is 2.16. The third-order valence-electron chi connectivity index (χ3n) is 3.35. The van der Waals surface area contributed by atoms with Gasteiger partial charge in [-0.15, -0.1) is 0 Å². The van der Waals surface area contributed by atoms with Crippen molar-refractivity contribution in [3.8, 4) is 0 Å². The molecule has 3 unspecified atom stereocenters. The zero-order valence-electron chi connectivity index (χ0n) is 13.0. The van der Waals surface area contributed by atoms with Crippen molar-refractivity contribution in [2.24, 2.45) is 5.92 Å². The van der Waals surface area contributed by atoms with Gasteiger partial charge in [-0.3, -0.25) is 0 Å². The number of nitrogens with one attached hydrogen (secondary N) is 1. The molecule has 3 atom stereocenters. The van der Waals surface area contributed by atoms with Crippen LogP contribution in [0, 0.1) is 5.92 Å². The van der Waals surface area contributed by atoms with Crippen molar-refractivity contribution in [1.82, 2.24) is 5.32 Å². The molecule has 0 heterocycles. The summed E-state index contributed by atoms with van der Waals surface area (Å²) in [5.41, 5.74) is 2.72. The van der Waals surface area contributed by atoms with Crippen LogP contribution in [0.15, 0.2) is 24.3 Å². The molecular weight excluding hydrogens is 234 g/mol. The summed E-state index contributed by atoms with van der Waals surface area (Å²) in [5, 5.41) is 12.9. The normalized spacial score (nSPS) is 16.4. The van der Waals surface area contributed by atoms with Crippen LogP contribution in [-0.2, 0) is 6.42 Å². The minimum absolute atomic E-state index is 0.247. The van der Waals surface area contributed by atoms with E-state index in [9.17, 15) is 5.11 Å². The fourth-order valence-electron chi connectivity index (χ4n) is 2.52. The van der Waals surface area contributed by atoms with Crippen LogP contribution in [0.4, 0.5) is 0 Å². The van der Waals surface area contributed by atoms with Crippen LogP contribution < -0.4 is 5.32 Å². The van der Waals surface area contributed by atoms with Gasteiger partial charge in [-0.25, -0.2) is 0 Å². The summed E-state index contributed by atoms with van der Waals surface area (Å²) in [4.78, 5) is 0. The highest BCUT2D eigenvalue weighted by Gasteiger charge is 2.11. The predicted molar refractivity (Wildman–Crippen MR) is 82.3 cm³/mol. The first-order valence-corrected chi connectivity index (χ1v) is 7.41. The lowest BCUT2D eigenvalue weighted by Gasteiger charge is -2.21. The average Bonchev–Trinajstić information content (AvgIpc) is 2.27. The molecule has 1 aromatic carbocycles. The Labute approximate surface area is 118 Å². The van der Waals surface area contributed by atoms with Crippen LogP contribution in [0.3, 0.4) is 0 Å². The molecule has 0 aromatic heterocycles. The number of aliphatic hydroxyl groups excluding tert-OH is 1. The van der Waals surface area contributed by atoms with E-state index in [4.69, 9.17) is 0 Å². The maximum Gasteiger partial charge on any atom is 0.0526 e. The van der Waals surface area contributed by atoms with Gasteiger partial charge in [-0.2, -0.15) is 0 Å². The highest BCUT2D eigenvalue weighted by atomic mass is 16.3. The largest absolute Gasteiger partial charge is 0.393 e. The Bertz CT molecular complexity index is 356. The van der Waals surface area contributed by atoms with E-state index >= 15 is 0 Å². The SMILES string of the molecule is CC(C)Cc1ccc(C(C)NC(C)CC(C)O)cc1. The molecule has 0 saturated carbocycles. The molecule has 0 bridgehead atoms. The summed E-state index contributed by atoms with van der Waals surface area (Å²) in [5.74, 6) is 0.701. The minimum atomic E-state index is -0.247. The molecule has 0 aliphatic carbocycles. The second kappa shape index (κ2) is 7.66. The first-order chi connectivity index (χ1) is 8.88. The number of hydrogen-bond donors (Lipinski definition) is 2. The van der Waals surface area contributed by atoms with E-state index < -0.39 is 0 Å². The quantitative estimate of drug-likeness (QED) is 0.786. The van der Waals surface area contributed by atoms with Gasteiger partial charge in [0.2, 0.25) is 0 Å². The highest BCUT2D eigenvalue weighted by molar-refractivity contribution is 5.25. The van der Waals surface area contributed by atoms with Crippen LogP contribution in [0.5, 0.6) is 0 Å². The van der Waals surface area contributed by atoms with Gasteiger partial charge in [-0.05, 0) is 50.7 Å². The van der Waals surface area contributed by atoms with Gasteiger partial charge in [0, 0.05) is 12.1 Å². The molecule has 1 aromatic rings. The van der Waals surface area contributed by atoms with Crippen LogP contribution in [0.2, 0.25) is 0 Å². The van der Waals surface area contributed by atoms with Crippen LogP contribution >= 0.6 is 0 Å². The lowest BCUT2D eigenvalue weighted by molar-refractivity contribution is 0.168. The Morgan fingerprint density at radius 3 is 2.05 bits per heavy atom. The second-order valence-corrected chi connectivity index (χ2v) is 6.21. The fourth-order valence-corrected chi connectivity index (χ4v) is 2.52. The maximum absolute atomic E-state index is 9.39. The van der Waals surface area contributed by atoms with E-state index in [0.29, 0.717) is 18.0 Å². The first kappa shape index (κ1) is 16.2. The summed E-state index contributed by atoms with van der Waals surface area (Å²) < 4.78 is 0. The summed E-state index contributed by atoms with van der Waals surface area (Å²) in [6.07, 6.45) is 1.68. The van der Waals surface area contributed by atoms with Crippen molar-refractivity contribution in [1.29, 1.82) is 0 Å². The first-order valence-electron chi connectivity index (χ1n) is 7.41. The molecule has 108 valence electrons. The smallest absolute Gasteiger partial charge is 0.0526 e. The van der Waals surface area contributed by atoms with Gasteiger partial charge in [0.15, 0.2) is 0 Å². The Balaban J connectivity index is 2.55. The Kier molecular flexibility index (Phi) is 6.53. The molecule has 19 heavy (non-hydrogen) atoms. The van der Waals surface area contributed by atoms with Crippen LogP contribution in [0.1, 0.15) is 58.2 Å². The van der Waals surface area contributed by atoms with E-state index in [2.05, 4.69) is 57.3 Å². The van der Waals surface area contributed by atoms with E-state index in [1.165, 1.54) is 11.1 Å². The number of aliphatic hydroxyl groups is 1. The Morgan fingerprint density at radius 2 is 1.58 bits per heavy atom. The topological polar surface area (TPSA) is 32.3 Å². The van der Waals surface area contributed by atoms with Crippen molar-refractivity contribution >= 4 is 0 Å². The zero-order chi connectivity index (χ0) is 14.4. The second-order valence-electron chi connectivity index (χ2n) is 6.21. The van der Waals surface area contributed by atoms with Crippen LogP contribution in [-0.4, -0.2) is 17.3 Å². The molecule has 2 heteroatoms. The average molecular weight is 263 g/mol. The van der Waals surface area contributed by atoms with E-state index in [1.54, 1.807) is 0 Å². The van der Waals surface area contributed by atoms with Crippen molar-refractivity contribution in [3.63, 3.8) is 0 Å². The molecule has 0 amide bonds. The number of rotatable bonds is 7. The zero-order valence-corrected chi connectivity index (χ0v) is 13.0. The molecule has 0 fully saturated rings. The van der Waals surface area contributed by atoms with Crippen molar-refractivity contribution in [2.45, 2.75) is 65.6 Å². The summed E-state index contributed by atoms with van der Waals surface area (Å²) in [6.45, 7) is 10.6. The Morgan fingerprint density at radius 1 is 1.00 bits per heavy atom. The molecule has 1 rings (SSSR count). The number of benzene rings is 1. The summed E-state index contributed by atoms with van der Waals surface area (Å²) >= 11 is 0. The molecule has 2 nitrogen and oxygen atoms in total. The lowest BCUT2D eigenvalue weighted by Crippen LogP contribution is -2.31. The Hall–Kier alpha value is -0.860. The molecule has 2 N–H and O–H groups in total. The van der Waals surface area contributed by atoms with Gasteiger partial charge in [0.1, 0.15) is 0 Å². The molecule has 0 spiro atoms. The standard InChI is InChI=1S/C17H29NO/c1-12(2)10-16-6-8-17(9-7-16)15(5)18-13(3)11-14(4)19/h6-9,12-15,18-19H,10-11H2,1-5H3. The van der Waals surface area contributed by atoms with Crippen molar-refractivity contribution in [2.75, 3.05) is 0 Å². The van der Waals surface area contributed by atoms with Crippen molar-refractivity contribution in [3.05, 3.63) is 35.4 Å². The molecular formula is C17H29NO. The van der Waals surface area contributed by atoms with E-state index in [-0.39, 0.29) is 6.10 Å². The monoisotopic (exact) mass is 263 g/mol. The molecule has 0 saturated heterocycles. The molecule has 0 aliphatic rings. The molecule has 0 radical (unpaired) electrons. The van der Waals surface area contributed by atoms with Gasteiger partial charge >= 0.3 is 0 Å². The van der Waals surface area contributed by atoms with E-state index in [1.807, 2.05) is 6.92 Å². The summed E-state index contributed by atoms with van der Waals surface area (Å²) in [6, 6.07) is 9.53.